The van der Waals surface area contributed by atoms with Gasteiger partial charge in [-0.1, -0.05) is 0 Å². The molecule has 0 aliphatic heterocycles. The first-order valence-corrected chi connectivity index (χ1v) is 4.21. The second kappa shape index (κ2) is 2.57. The molecule has 1 aromatic heterocycles. The average molecular weight is 151 g/mol. The first kappa shape index (κ1) is 6.70. The molecular formula is C8H13N3. The molecule has 0 spiro atoms. The fraction of sp³-hybridized carbons (Fsp3) is 0.625. The highest BCUT2D eigenvalue weighted by Gasteiger charge is 2.17. The summed E-state index contributed by atoms with van der Waals surface area (Å²) in [7, 11) is 0. The number of aromatic amines is 1. The van der Waals surface area contributed by atoms with Gasteiger partial charge in [0.05, 0.1) is 0 Å². The van der Waals surface area contributed by atoms with E-state index in [1.54, 1.807) is 0 Å². The third-order valence-electron chi connectivity index (χ3n) is 2.15. The van der Waals surface area contributed by atoms with Gasteiger partial charge in [-0.2, -0.15) is 5.10 Å². The zero-order chi connectivity index (χ0) is 7.68. The number of aromatic nitrogens is 2. The highest BCUT2D eigenvalue weighted by molar-refractivity contribution is 5.48. The lowest BCUT2D eigenvalue weighted by Crippen LogP contribution is -1.98. The Labute approximate surface area is 66.2 Å². The van der Waals surface area contributed by atoms with Gasteiger partial charge in [-0.15, -0.1) is 0 Å². The molecule has 0 fully saturated rings. The Morgan fingerprint density at radius 3 is 3.27 bits per heavy atom. The first-order chi connectivity index (χ1) is 5.42. The van der Waals surface area contributed by atoms with Crippen LogP contribution < -0.4 is 5.32 Å². The van der Waals surface area contributed by atoms with Gasteiger partial charge in [0.15, 0.2) is 5.82 Å². The van der Waals surface area contributed by atoms with Crippen LogP contribution in [0.5, 0.6) is 0 Å². The molecule has 0 radical (unpaired) electrons. The molecule has 0 bridgehead atoms. The van der Waals surface area contributed by atoms with Crippen LogP contribution in [0.25, 0.3) is 0 Å². The van der Waals surface area contributed by atoms with Crippen LogP contribution in [0.15, 0.2) is 0 Å². The fourth-order valence-corrected chi connectivity index (χ4v) is 1.63. The van der Waals surface area contributed by atoms with Crippen molar-refractivity contribution in [3.05, 3.63) is 11.3 Å². The van der Waals surface area contributed by atoms with E-state index in [0.29, 0.717) is 0 Å². The predicted octanol–water partition coefficient (Wildman–Crippen LogP) is 1.33. The van der Waals surface area contributed by atoms with Crippen molar-refractivity contribution in [2.75, 3.05) is 11.9 Å². The third-order valence-corrected chi connectivity index (χ3v) is 2.15. The Morgan fingerprint density at radius 2 is 2.45 bits per heavy atom. The van der Waals surface area contributed by atoms with Crippen LogP contribution in [0.3, 0.4) is 0 Å². The standard InChI is InChI=1S/C8H13N3/c1-2-9-8-6-4-3-5-7(6)10-11-8/h2-5H2,1H3,(H2,9,10,11). The van der Waals surface area contributed by atoms with Crippen molar-refractivity contribution in [1.82, 2.24) is 10.2 Å². The molecule has 60 valence electrons. The summed E-state index contributed by atoms with van der Waals surface area (Å²) in [6, 6.07) is 0. The maximum atomic E-state index is 4.19. The molecule has 1 heterocycles. The zero-order valence-electron chi connectivity index (χ0n) is 6.78. The molecule has 0 atom stereocenters. The van der Waals surface area contributed by atoms with Crippen LogP contribution in [0.2, 0.25) is 0 Å². The topological polar surface area (TPSA) is 40.7 Å². The van der Waals surface area contributed by atoms with Gasteiger partial charge in [-0.25, -0.2) is 0 Å². The van der Waals surface area contributed by atoms with Gasteiger partial charge in [0.1, 0.15) is 0 Å². The maximum absolute atomic E-state index is 4.19. The van der Waals surface area contributed by atoms with Crippen molar-refractivity contribution < 1.29 is 0 Å². The van der Waals surface area contributed by atoms with E-state index in [9.17, 15) is 0 Å². The van der Waals surface area contributed by atoms with Crippen molar-refractivity contribution in [2.45, 2.75) is 26.2 Å². The normalized spacial score (nSPS) is 15.0. The van der Waals surface area contributed by atoms with Crippen molar-refractivity contribution >= 4 is 5.82 Å². The van der Waals surface area contributed by atoms with Crippen LogP contribution >= 0.6 is 0 Å². The largest absolute Gasteiger partial charge is 0.369 e. The summed E-state index contributed by atoms with van der Waals surface area (Å²) < 4.78 is 0. The average Bonchev–Trinajstić information content (AvgIpc) is 2.53. The number of fused-ring (bicyclic) bond motifs is 1. The van der Waals surface area contributed by atoms with Crippen LogP contribution in [-0.2, 0) is 12.8 Å². The Kier molecular flexibility index (Phi) is 1.56. The quantitative estimate of drug-likeness (QED) is 0.669. The van der Waals surface area contributed by atoms with E-state index in [2.05, 4.69) is 22.4 Å². The van der Waals surface area contributed by atoms with E-state index in [1.165, 1.54) is 30.5 Å². The van der Waals surface area contributed by atoms with Crippen LogP contribution in [0.4, 0.5) is 5.82 Å². The van der Waals surface area contributed by atoms with Gasteiger partial charge in [0.2, 0.25) is 0 Å². The Morgan fingerprint density at radius 1 is 1.55 bits per heavy atom. The van der Waals surface area contributed by atoms with E-state index >= 15 is 0 Å². The summed E-state index contributed by atoms with van der Waals surface area (Å²) in [6.07, 6.45) is 3.64. The molecule has 1 aliphatic rings. The summed E-state index contributed by atoms with van der Waals surface area (Å²) in [4.78, 5) is 0. The van der Waals surface area contributed by atoms with E-state index in [1.807, 2.05) is 0 Å². The highest BCUT2D eigenvalue weighted by atomic mass is 15.2. The van der Waals surface area contributed by atoms with E-state index in [0.717, 1.165) is 12.4 Å². The van der Waals surface area contributed by atoms with E-state index in [-0.39, 0.29) is 0 Å². The van der Waals surface area contributed by atoms with Gasteiger partial charge < -0.3 is 5.32 Å². The number of H-pyrrole nitrogens is 1. The monoisotopic (exact) mass is 151 g/mol. The molecule has 3 nitrogen and oxygen atoms in total. The number of nitrogens with zero attached hydrogens (tertiary/aromatic N) is 1. The Bertz CT molecular complexity index is 252. The number of hydrogen-bond acceptors (Lipinski definition) is 2. The molecule has 1 aliphatic carbocycles. The number of rotatable bonds is 2. The first-order valence-electron chi connectivity index (χ1n) is 4.21. The SMILES string of the molecule is CCNc1n[nH]c2c1CCC2. The second-order valence-electron chi connectivity index (χ2n) is 2.91. The lowest BCUT2D eigenvalue weighted by Gasteiger charge is -1.98. The minimum atomic E-state index is 0.956. The van der Waals surface area contributed by atoms with E-state index < -0.39 is 0 Å². The fourth-order valence-electron chi connectivity index (χ4n) is 1.63. The molecule has 0 unspecified atom stereocenters. The van der Waals surface area contributed by atoms with Crippen molar-refractivity contribution in [1.29, 1.82) is 0 Å². The summed E-state index contributed by atoms with van der Waals surface area (Å²) >= 11 is 0. The van der Waals surface area contributed by atoms with Crippen LogP contribution in [-0.4, -0.2) is 16.7 Å². The minimum Gasteiger partial charge on any atom is -0.369 e. The number of anilines is 1. The van der Waals surface area contributed by atoms with Gasteiger partial charge in [0, 0.05) is 17.8 Å². The molecule has 0 aromatic carbocycles. The van der Waals surface area contributed by atoms with Gasteiger partial charge in [-0.3, -0.25) is 5.10 Å². The minimum absolute atomic E-state index is 0.956. The van der Waals surface area contributed by atoms with Crippen LogP contribution in [0, 0.1) is 0 Å². The molecule has 1 aromatic rings. The Hall–Kier alpha value is -0.990. The zero-order valence-corrected chi connectivity index (χ0v) is 6.78. The number of hydrogen-bond donors (Lipinski definition) is 2. The van der Waals surface area contributed by atoms with Crippen molar-refractivity contribution in [3.8, 4) is 0 Å². The van der Waals surface area contributed by atoms with Crippen molar-refractivity contribution in [3.63, 3.8) is 0 Å². The molecule has 0 saturated carbocycles. The summed E-state index contributed by atoms with van der Waals surface area (Å²) in [6.45, 7) is 3.05. The predicted molar refractivity (Wildman–Crippen MR) is 44.8 cm³/mol. The molecular weight excluding hydrogens is 138 g/mol. The van der Waals surface area contributed by atoms with Crippen LogP contribution in [0.1, 0.15) is 24.6 Å². The molecule has 11 heavy (non-hydrogen) atoms. The van der Waals surface area contributed by atoms with Gasteiger partial charge in [0.25, 0.3) is 0 Å². The number of nitrogens with one attached hydrogen (secondary N) is 2. The lowest BCUT2D eigenvalue weighted by molar-refractivity contribution is 0.864. The summed E-state index contributed by atoms with van der Waals surface area (Å²) in [5.74, 6) is 1.07. The lowest BCUT2D eigenvalue weighted by atomic mass is 10.2. The smallest absolute Gasteiger partial charge is 0.151 e. The summed E-state index contributed by atoms with van der Waals surface area (Å²) in [5.41, 5.74) is 2.74. The second-order valence-corrected chi connectivity index (χ2v) is 2.91. The number of aryl methyl sites for hydroxylation is 1. The molecule has 0 amide bonds. The van der Waals surface area contributed by atoms with E-state index in [4.69, 9.17) is 0 Å². The van der Waals surface area contributed by atoms with Crippen molar-refractivity contribution in [2.24, 2.45) is 0 Å². The van der Waals surface area contributed by atoms with Gasteiger partial charge in [-0.05, 0) is 26.2 Å². The molecule has 2 rings (SSSR count). The molecule has 0 saturated heterocycles. The van der Waals surface area contributed by atoms with Gasteiger partial charge >= 0.3 is 0 Å². The highest BCUT2D eigenvalue weighted by Crippen LogP contribution is 2.25. The molecule has 3 heteroatoms. The maximum Gasteiger partial charge on any atom is 0.151 e. The Balaban J connectivity index is 2.27. The molecule has 2 N–H and O–H groups in total. The third kappa shape index (κ3) is 1.00. The summed E-state index contributed by atoms with van der Waals surface area (Å²) in [5, 5.41) is 10.5.